The van der Waals surface area contributed by atoms with Gasteiger partial charge in [-0.3, -0.25) is 29.0 Å². The molecule has 2 heterocycles. The van der Waals surface area contributed by atoms with Gasteiger partial charge in [0.15, 0.2) is 0 Å². The summed E-state index contributed by atoms with van der Waals surface area (Å²) in [5, 5.41) is 0. The van der Waals surface area contributed by atoms with Gasteiger partial charge in [0.1, 0.15) is 0 Å². The van der Waals surface area contributed by atoms with E-state index < -0.39 is 23.7 Å². The second kappa shape index (κ2) is 6.53. The van der Waals surface area contributed by atoms with E-state index in [4.69, 9.17) is 0 Å². The van der Waals surface area contributed by atoms with Crippen LogP contribution in [0.5, 0.6) is 0 Å². The molecule has 0 N–H and O–H groups in total. The molecule has 0 radical (unpaired) electrons. The molecule has 6 nitrogen and oxygen atoms in total. The second-order valence-electron chi connectivity index (χ2n) is 10.5. The zero-order valence-electron chi connectivity index (χ0n) is 18.9. The Bertz CT molecular complexity index is 1250. The molecule has 4 fully saturated rings. The fourth-order valence-electron chi connectivity index (χ4n) is 7.50. The van der Waals surface area contributed by atoms with Crippen molar-refractivity contribution in [1.29, 1.82) is 0 Å². The van der Waals surface area contributed by atoms with Crippen LogP contribution in [-0.4, -0.2) is 23.6 Å². The highest BCUT2D eigenvalue weighted by Crippen LogP contribution is 2.68. The molecule has 2 aromatic carbocycles. The van der Waals surface area contributed by atoms with Gasteiger partial charge in [-0.15, -0.1) is 0 Å². The maximum absolute atomic E-state index is 13.6. The summed E-state index contributed by atoms with van der Waals surface area (Å²) in [4.78, 5) is 56.7. The maximum Gasteiger partial charge on any atom is 0.238 e. The van der Waals surface area contributed by atoms with Crippen molar-refractivity contribution in [3.05, 3.63) is 71.8 Å². The van der Waals surface area contributed by atoms with Crippen LogP contribution in [0.25, 0.3) is 0 Å². The van der Waals surface area contributed by atoms with Gasteiger partial charge in [-0.2, -0.15) is 0 Å². The van der Waals surface area contributed by atoms with Crippen molar-refractivity contribution in [2.75, 3.05) is 9.80 Å². The van der Waals surface area contributed by atoms with Crippen LogP contribution in [0.15, 0.2) is 60.7 Å². The van der Waals surface area contributed by atoms with Crippen LogP contribution < -0.4 is 9.80 Å². The van der Waals surface area contributed by atoms with E-state index in [9.17, 15) is 19.2 Å². The van der Waals surface area contributed by atoms with Gasteiger partial charge in [0.2, 0.25) is 23.6 Å². The summed E-state index contributed by atoms with van der Waals surface area (Å²) in [5.74, 6) is -2.92. The summed E-state index contributed by atoms with van der Waals surface area (Å²) in [5.41, 5.74) is 3.32. The quantitative estimate of drug-likeness (QED) is 0.518. The van der Waals surface area contributed by atoms with Gasteiger partial charge in [-0.25, -0.2) is 0 Å². The first-order chi connectivity index (χ1) is 16.4. The zero-order valence-corrected chi connectivity index (χ0v) is 18.9. The first kappa shape index (κ1) is 19.9. The molecule has 8 rings (SSSR count). The van der Waals surface area contributed by atoms with Gasteiger partial charge in [0.05, 0.1) is 35.0 Å². The lowest BCUT2D eigenvalue weighted by molar-refractivity contribution is -0.166. The Balaban J connectivity index is 1.25. The molecular formula is C28H24N2O4. The Kier molecular flexibility index (Phi) is 3.82. The first-order valence-corrected chi connectivity index (χ1v) is 12.0. The van der Waals surface area contributed by atoms with Gasteiger partial charge in [0.25, 0.3) is 0 Å². The van der Waals surface area contributed by atoms with E-state index in [0.29, 0.717) is 11.4 Å². The number of amides is 4. The standard InChI is InChI=1S/C28H24N2O4/c1-13-3-7-15(8-4-13)29-25(31)21-17-11-12-18(22(21)26(29)32)20-19(17)23-24(20)28(34)30(27(23)33)16-9-5-14(2)6-10-16/h3-12,17-24H,1-2H3/t17-,18-,19-,20-,21-,22+,23-,24-/m0/s1. The number of anilines is 2. The normalized spacial score (nSPS) is 37.1. The van der Waals surface area contributed by atoms with Crippen LogP contribution in [0.2, 0.25) is 0 Å². The lowest BCUT2D eigenvalue weighted by Crippen LogP contribution is -2.63. The third-order valence-electron chi connectivity index (χ3n) is 8.93. The van der Waals surface area contributed by atoms with Gasteiger partial charge in [0, 0.05) is 0 Å². The number of carbonyl (C=O) groups excluding carboxylic acids is 4. The highest BCUT2D eigenvalue weighted by Gasteiger charge is 2.75. The Morgan fingerprint density at radius 2 is 0.824 bits per heavy atom. The summed E-state index contributed by atoms with van der Waals surface area (Å²) in [6, 6.07) is 14.8. The molecule has 2 aliphatic heterocycles. The third-order valence-corrected chi connectivity index (χ3v) is 8.93. The zero-order chi connectivity index (χ0) is 23.5. The van der Waals surface area contributed by atoms with E-state index in [-0.39, 0.29) is 47.3 Å². The molecule has 2 saturated heterocycles. The predicted octanol–water partition coefficient (Wildman–Crippen LogP) is 3.28. The molecule has 2 aromatic rings. The van der Waals surface area contributed by atoms with E-state index in [1.165, 1.54) is 9.80 Å². The van der Waals surface area contributed by atoms with Crippen molar-refractivity contribution < 1.29 is 19.2 Å². The van der Waals surface area contributed by atoms with Crippen LogP contribution in [0.3, 0.4) is 0 Å². The Hall–Kier alpha value is -3.54. The third kappa shape index (κ3) is 2.26. The Morgan fingerprint density at radius 1 is 0.500 bits per heavy atom. The van der Waals surface area contributed by atoms with Crippen molar-refractivity contribution in [3.63, 3.8) is 0 Å². The van der Waals surface area contributed by atoms with E-state index in [0.717, 1.165) is 11.1 Å². The van der Waals surface area contributed by atoms with Crippen molar-refractivity contribution in [2.24, 2.45) is 47.3 Å². The van der Waals surface area contributed by atoms with Crippen molar-refractivity contribution >= 4 is 35.0 Å². The first-order valence-electron chi connectivity index (χ1n) is 12.0. The summed E-state index contributed by atoms with van der Waals surface area (Å²) < 4.78 is 0. The summed E-state index contributed by atoms with van der Waals surface area (Å²) in [6.45, 7) is 3.93. The number of nitrogens with zero attached hydrogens (tertiary/aromatic N) is 2. The monoisotopic (exact) mass is 452 g/mol. The van der Waals surface area contributed by atoms with Gasteiger partial charge >= 0.3 is 0 Å². The molecule has 2 bridgehead atoms. The molecule has 0 spiro atoms. The minimum atomic E-state index is -0.456. The molecule has 6 heteroatoms. The molecule has 6 aliphatic rings. The fraction of sp³-hybridized carbons (Fsp3) is 0.357. The van der Waals surface area contributed by atoms with Crippen LogP contribution in [0.1, 0.15) is 11.1 Å². The van der Waals surface area contributed by atoms with Crippen molar-refractivity contribution in [2.45, 2.75) is 13.8 Å². The topological polar surface area (TPSA) is 74.8 Å². The molecule has 34 heavy (non-hydrogen) atoms. The van der Waals surface area contributed by atoms with Gasteiger partial charge in [-0.1, -0.05) is 47.5 Å². The number of fused-ring (bicyclic) bond motifs is 1. The fourth-order valence-corrected chi connectivity index (χ4v) is 7.50. The predicted molar refractivity (Wildman–Crippen MR) is 124 cm³/mol. The molecule has 0 aromatic heterocycles. The highest BCUT2D eigenvalue weighted by molar-refractivity contribution is 6.25. The lowest BCUT2D eigenvalue weighted by Gasteiger charge is -2.60. The van der Waals surface area contributed by atoms with Crippen LogP contribution >= 0.6 is 0 Å². The number of imide groups is 2. The van der Waals surface area contributed by atoms with Crippen molar-refractivity contribution in [3.8, 4) is 0 Å². The van der Waals surface area contributed by atoms with E-state index >= 15 is 0 Å². The minimum Gasteiger partial charge on any atom is -0.274 e. The Labute approximate surface area is 197 Å². The van der Waals surface area contributed by atoms with E-state index in [2.05, 4.69) is 0 Å². The molecule has 8 atom stereocenters. The van der Waals surface area contributed by atoms with Gasteiger partial charge < -0.3 is 0 Å². The average Bonchev–Trinajstić information content (AvgIpc) is 3.19. The SMILES string of the molecule is Cc1ccc(N2C(=O)[C@@H]3[C@@H](C2=O)[C@H]2[C@@H]4C=C[C@H]([C@H]5C(=O)N(c6ccc(C)cc6)C(=O)[C@@H]45)[C@H]32)cc1. The summed E-state index contributed by atoms with van der Waals surface area (Å²) in [6.07, 6.45) is 4.08. The second-order valence-corrected chi connectivity index (χ2v) is 10.5. The van der Waals surface area contributed by atoms with E-state index in [1.54, 1.807) is 0 Å². The Morgan fingerprint density at radius 3 is 1.18 bits per heavy atom. The average molecular weight is 453 g/mol. The number of aryl methyl sites for hydroxylation is 2. The number of benzene rings is 2. The van der Waals surface area contributed by atoms with Crippen LogP contribution in [0.4, 0.5) is 11.4 Å². The number of hydrogen-bond acceptors (Lipinski definition) is 4. The molecular weight excluding hydrogens is 428 g/mol. The lowest BCUT2D eigenvalue weighted by atomic mass is 9.40. The molecule has 4 amide bonds. The largest absolute Gasteiger partial charge is 0.274 e. The molecule has 4 aliphatic carbocycles. The molecule has 0 unspecified atom stereocenters. The molecule has 170 valence electrons. The smallest absolute Gasteiger partial charge is 0.238 e. The van der Waals surface area contributed by atoms with E-state index in [1.807, 2.05) is 74.5 Å². The van der Waals surface area contributed by atoms with Crippen LogP contribution in [0, 0.1) is 61.2 Å². The van der Waals surface area contributed by atoms with Gasteiger partial charge in [-0.05, 0) is 61.8 Å². The number of rotatable bonds is 2. The highest BCUT2D eigenvalue weighted by atomic mass is 16.2. The number of allylic oxidation sites excluding steroid dienone is 2. The number of hydrogen-bond donors (Lipinski definition) is 0. The summed E-state index contributed by atoms with van der Waals surface area (Å²) in [7, 11) is 0. The summed E-state index contributed by atoms with van der Waals surface area (Å²) >= 11 is 0. The number of carbonyl (C=O) groups is 4. The van der Waals surface area contributed by atoms with Crippen LogP contribution in [-0.2, 0) is 19.2 Å². The minimum absolute atomic E-state index is 0.0668. The van der Waals surface area contributed by atoms with Crippen molar-refractivity contribution in [1.82, 2.24) is 0 Å². The molecule has 2 saturated carbocycles. The maximum atomic E-state index is 13.6.